The molecule has 0 N–H and O–H groups in total. The lowest BCUT2D eigenvalue weighted by molar-refractivity contribution is -0.125. The first-order chi connectivity index (χ1) is 9.97. The van der Waals surface area contributed by atoms with E-state index in [0.717, 1.165) is 24.2 Å². The Bertz CT molecular complexity index is 671. The highest BCUT2D eigenvalue weighted by atomic mass is 16.2. The second-order valence-electron chi connectivity index (χ2n) is 6.54. The Morgan fingerprint density at radius 2 is 1.81 bits per heavy atom. The standard InChI is InChI=1S/C18H20N2O/c1-18(2,3)17(21)20-11-8-15-12-14(4-5-16(15)20)13-6-9-19-10-7-13/h4-7,9-10,12H,8,11H2,1-3H3. The number of hydrogen-bond donors (Lipinski definition) is 0. The number of benzene rings is 1. The van der Waals surface area contributed by atoms with Gasteiger partial charge in [-0.15, -0.1) is 0 Å². The zero-order valence-corrected chi connectivity index (χ0v) is 12.8. The first-order valence-electron chi connectivity index (χ1n) is 7.32. The molecule has 0 bridgehead atoms. The lowest BCUT2D eigenvalue weighted by Crippen LogP contribution is -2.38. The average molecular weight is 280 g/mol. The van der Waals surface area contributed by atoms with E-state index in [4.69, 9.17) is 0 Å². The minimum Gasteiger partial charge on any atom is -0.311 e. The van der Waals surface area contributed by atoms with Gasteiger partial charge >= 0.3 is 0 Å². The van der Waals surface area contributed by atoms with E-state index in [9.17, 15) is 4.79 Å². The number of carbonyl (C=O) groups excluding carboxylic acids is 1. The molecule has 0 atom stereocenters. The molecule has 1 aromatic heterocycles. The summed E-state index contributed by atoms with van der Waals surface area (Å²) in [6, 6.07) is 10.4. The summed E-state index contributed by atoms with van der Waals surface area (Å²) in [7, 11) is 0. The van der Waals surface area contributed by atoms with Gasteiger partial charge in [0.25, 0.3) is 0 Å². The predicted octanol–water partition coefficient (Wildman–Crippen LogP) is 3.68. The van der Waals surface area contributed by atoms with E-state index in [0.29, 0.717) is 0 Å². The third-order valence-corrected chi connectivity index (χ3v) is 3.88. The van der Waals surface area contributed by atoms with Crippen molar-refractivity contribution >= 4 is 11.6 Å². The van der Waals surface area contributed by atoms with E-state index in [1.165, 1.54) is 11.1 Å². The van der Waals surface area contributed by atoms with Crippen molar-refractivity contribution < 1.29 is 4.79 Å². The van der Waals surface area contributed by atoms with Crippen molar-refractivity contribution in [1.82, 2.24) is 4.98 Å². The molecular formula is C18H20N2O. The minimum atomic E-state index is -0.342. The van der Waals surface area contributed by atoms with E-state index in [1.54, 1.807) is 12.4 Å². The third-order valence-electron chi connectivity index (χ3n) is 3.88. The van der Waals surface area contributed by atoms with E-state index < -0.39 is 0 Å². The van der Waals surface area contributed by atoms with E-state index >= 15 is 0 Å². The number of nitrogens with zero attached hydrogens (tertiary/aromatic N) is 2. The third kappa shape index (κ3) is 2.56. The van der Waals surface area contributed by atoms with Gasteiger partial charge < -0.3 is 4.90 Å². The molecule has 1 amide bonds. The second-order valence-corrected chi connectivity index (χ2v) is 6.54. The minimum absolute atomic E-state index is 0.193. The number of pyridine rings is 1. The Morgan fingerprint density at radius 1 is 1.10 bits per heavy atom. The Balaban J connectivity index is 1.95. The summed E-state index contributed by atoms with van der Waals surface area (Å²) in [5, 5.41) is 0. The molecule has 1 aliphatic heterocycles. The van der Waals surface area contributed by atoms with Crippen LogP contribution in [0.25, 0.3) is 11.1 Å². The predicted molar refractivity (Wildman–Crippen MR) is 85.2 cm³/mol. The lowest BCUT2D eigenvalue weighted by atomic mass is 9.94. The topological polar surface area (TPSA) is 33.2 Å². The number of anilines is 1. The molecular weight excluding hydrogens is 260 g/mol. The SMILES string of the molecule is CC(C)(C)C(=O)N1CCc2cc(-c3ccncc3)ccc21. The molecule has 2 aromatic rings. The first kappa shape index (κ1) is 13.8. The molecule has 0 unspecified atom stereocenters. The monoisotopic (exact) mass is 280 g/mol. The molecule has 3 rings (SSSR count). The highest BCUT2D eigenvalue weighted by Gasteiger charge is 2.32. The maximum atomic E-state index is 12.5. The molecule has 3 heteroatoms. The summed E-state index contributed by atoms with van der Waals surface area (Å²) in [6.07, 6.45) is 4.53. The molecule has 2 heterocycles. The largest absolute Gasteiger partial charge is 0.311 e. The van der Waals surface area contributed by atoms with Gasteiger partial charge in [-0.3, -0.25) is 9.78 Å². The van der Waals surface area contributed by atoms with Crippen LogP contribution in [-0.2, 0) is 11.2 Å². The van der Waals surface area contributed by atoms with E-state index in [-0.39, 0.29) is 11.3 Å². The normalized spacial score (nSPS) is 14.1. The van der Waals surface area contributed by atoms with Gasteiger partial charge in [0.05, 0.1) is 0 Å². The molecule has 108 valence electrons. The van der Waals surface area contributed by atoms with Crippen LogP contribution in [-0.4, -0.2) is 17.4 Å². The van der Waals surface area contributed by atoms with Crippen LogP contribution < -0.4 is 4.90 Å². The lowest BCUT2D eigenvalue weighted by Gasteiger charge is -2.26. The van der Waals surface area contributed by atoms with Crippen molar-refractivity contribution in [3.05, 3.63) is 48.3 Å². The Hall–Kier alpha value is -2.16. The summed E-state index contributed by atoms with van der Waals surface area (Å²) in [5.74, 6) is 0.193. The number of hydrogen-bond acceptors (Lipinski definition) is 2. The first-order valence-corrected chi connectivity index (χ1v) is 7.32. The smallest absolute Gasteiger partial charge is 0.232 e. The van der Waals surface area contributed by atoms with Crippen molar-refractivity contribution in [3.63, 3.8) is 0 Å². The number of fused-ring (bicyclic) bond motifs is 1. The molecule has 0 saturated heterocycles. The zero-order valence-electron chi connectivity index (χ0n) is 12.8. The van der Waals surface area contributed by atoms with Crippen molar-refractivity contribution in [2.75, 3.05) is 11.4 Å². The molecule has 1 aliphatic rings. The molecule has 0 aliphatic carbocycles. The molecule has 3 nitrogen and oxygen atoms in total. The van der Waals surface area contributed by atoms with Crippen molar-refractivity contribution in [3.8, 4) is 11.1 Å². The molecule has 0 saturated carbocycles. The van der Waals surface area contributed by atoms with Gasteiger partial charge in [0.1, 0.15) is 0 Å². The molecule has 0 radical (unpaired) electrons. The average Bonchev–Trinajstić information content (AvgIpc) is 2.89. The summed E-state index contributed by atoms with van der Waals surface area (Å²) in [6.45, 7) is 6.70. The zero-order chi connectivity index (χ0) is 15.0. The fourth-order valence-corrected chi connectivity index (χ4v) is 2.74. The number of aromatic nitrogens is 1. The Labute approximate surface area is 125 Å². The van der Waals surface area contributed by atoms with Crippen LogP contribution in [0.1, 0.15) is 26.3 Å². The highest BCUT2D eigenvalue weighted by molar-refractivity contribution is 5.99. The second kappa shape index (κ2) is 4.99. The van der Waals surface area contributed by atoms with Crippen LogP contribution in [0.15, 0.2) is 42.7 Å². The maximum Gasteiger partial charge on any atom is 0.232 e. The van der Waals surface area contributed by atoms with Gasteiger partial charge in [-0.2, -0.15) is 0 Å². The van der Waals surface area contributed by atoms with Crippen LogP contribution in [0.2, 0.25) is 0 Å². The van der Waals surface area contributed by atoms with Crippen LogP contribution in [0.3, 0.4) is 0 Å². The molecule has 0 fully saturated rings. The fraction of sp³-hybridized carbons (Fsp3) is 0.333. The molecule has 1 aromatic carbocycles. The van der Waals surface area contributed by atoms with Gasteiger partial charge in [0.2, 0.25) is 5.91 Å². The number of carbonyl (C=O) groups is 1. The number of rotatable bonds is 1. The summed E-state index contributed by atoms with van der Waals surface area (Å²) in [5.41, 5.74) is 4.31. The van der Waals surface area contributed by atoms with Crippen molar-refractivity contribution in [2.24, 2.45) is 5.41 Å². The highest BCUT2D eigenvalue weighted by Crippen LogP contribution is 2.34. The van der Waals surface area contributed by atoms with Gasteiger partial charge in [-0.1, -0.05) is 26.8 Å². The fourth-order valence-electron chi connectivity index (χ4n) is 2.74. The quantitative estimate of drug-likeness (QED) is 0.798. The summed E-state index contributed by atoms with van der Waals surface area (Å²) in [4.78, 5) is 18.5. The van der Waals surface area contributed by atoms with Crippen LogP contribution in [0.4, 0.5) is 5.69 Å². The summed E-state index contributed by atoms with van der Waals surface area (Å²) < 4.78 is 0. The Kier molecular flexibility index (Phi) is 3.28. The van der Waals surface area contributed by atoms with Gasteiger partial charge in [-0.25, -0.2) is 0 Å². The van der Waals surface area contributed by atoms with E-state index in [2.05, 4.69) is 23.2 Å². The van der Waals surface area contributed by atoms with Crippen molar-refractivity contribution in [1.29, 1.82) is 0 Å². The van der Waals surface area contributed by atoms with Crippen LogP contribution in [0, 0.1) is 5.41 Å². The van der Waals surface area contributed by atoms with Gasteiger partial charge in [0, 0.05) is 30.0 Å². The van der Waals surface area contributed by atoms with Crippen LogP contribution >= 0.6 is 0 Å². The van der Waals surface area contributed by atoms with Gasteiger partial charge in [-0.05, 0) is 47.4 Å². The van der Waals surface area contributed by atoms with Crippen molar-refractivity contribution in [2.45, 2.75) is 27.2 Å². The maximum absolute atomic E-state index is 12.5. The molecule has 0 spiro atoms. The van der Waals surface area contributed by atoms with Crippen LogP contribution in [0.5, 0.6) is 0 Å². The van der Waals surface area contributed by atoms with Gasteiger partial charge in [0.15, 0.2) is 0 Å². The molecule has 21 heavy (non-hydrogen) atoms. The Morgan fingerprint density at radius 3 is 2.48 bits per heavy atom. The number of amides is 1. The summed E-state index contributed by atoms with van der Waals surface area (Å²) >= 11 is 0. The van der Waals surface area contributed by atoms with E-state index in [1.807, 2.05) is 37.8 Å².